The van der Waals surface area contributed by atoms with Crippen LogP contribution in [0.4, 0.5) is 0 Å². The lowest BCUT2D eigenvalue weighted by Crippen LogP contribution is -2.36. The van der Waals surface area contributed by atoms with E-state index < -0.39 is 0 Å². The van der Waals surface area contributed by atoms with E-state index in [0.717, 1.165) is 49.9 Å². The number of likely N-dealkylation sites (tertiary alicyclic amines) is 1. The summed E-state index contributed by atoms with van der Waals surface area (Å²) in [7, 11) is 0. The van der Waals surface area contributed by atoms with E-state index in [1.807, 2.05) is 31.5 Å². The average Bonchev–Trinajstić information content (AvgIpc) is 3.27. The van der Waals surface area contributed by atoms with Crippen LogP contribution in [0.15, 0.2) is 28.9 Å². The van der Waals surface area contributed by atoms with Crippen molar-refractivity contribution < 1.29 is 9.21 Å². The van der Waals surface area contributed by atoms with Crippen molar-refractivity contribution in [2.24, 2.45) is 5.92 Å². The number of imidazole rings is 1. The summed E-state index contributed by atoms with van der Waals surface area (Å²) in [6.07, 6.45) is 7.87. The number of aromatic nitrogens is 2. The van der Waals surface area contributed by atoms with E-state index in [9.17, 15) is 4.79 Å². The molecule has 1 atom stereocenters. The predicted molar refractivity (Wildman–Crippen MR) is 100 cm³/mol. The highest BCUT2D eigenvalue weighted by Crippen LogP contribution is 2.22. The Hall–Kier alpha value is -2.08. The number of piperidine rings is 1. The highest BCUT2D eigenvalue weighted by atomic mass is 16.3. The van der Waals surface area contributed by atoms with Crippen molar-refractivity contribution >= 4 is 5.91 Å². The highest BCUT2D eigenvalue weighted by molar-refractivity contribution is 5.75. The van der Waals surface area contributed by atoms with Crippen LogP contribution in [0.5, 0.6) is 0 Å². The van der Waals surface area contributed by atoms with Crippen LogP contribution in [0.1, 0.15) is 50.0 Å². The molecule has 0 radical (unpaired) electrons. The summed E-state index contributed by atoms with van der Waals surface area (Å²) in [4.78, 5) is 19.1. The summed E-state index contributed by atoms with van der Waals surface area (Å²) in [6.45, 7) is 8.57. The van der Waals surface area contributed by atoms with Crippen molar-refractivity contribution in [2.45, 2.75) is 59.2 Å². The topological polar surface area (TPSA) is 63.3 Å². The zero-order valence-corrected chi connectivity index (χ0v) is 15.9. The summed E-state index contributed by atoms with van der Waals surface area (Å²) >= 11 is 0. The number of nitrogens with zero attached hydrogens (tertiary/aromatic N) is 3. The second kappa shape index (κ2) is 9.03. The molecule has 1 aliphatic rings. The monoisotopic (exact) mass is 358 g/mol. The van der Waals surface area contributed by atoms with Gasteiger partial charge in [-0.05, 0) is 57.7 Å². The van der Waals surface area contributed by atoms with Gasteiger partial charge >= 0.3 is 0 Å². The Balaban J connectivity index is 1.39. The molecule has 0 saturated carbocycles. The normalized spacial score (nSPS) is 18.2. The maximum Gasteiger partial charge on any atom is 0.220 e. The van der Waals surface area contributed by atoms with Crippen LogP contribution in [0.25, 0.3) is 0 Å². The van der Waals surface area contributed by atoms with Crippen LogP contribution in [-0.4, -0.2) is 33.4 Å². The molecule has 26 heavy (non-hydrogen) atoms. The van der Waals surface area contributed by atoms with Gasteiger partial charge in [0.15, 0.2) is 0 Å². The fourth-order valence-electron chi connectivity index (χ4n) is 3.70. The lowest BCUT2D eigenvalue weighted by atomic mass is 9.93. The lowest BCUT2D eigenvalue weighted by molar-refractivity contribution is -0.121. The zero-order chi connectivity index (χ0) is 18.4. The Morgan fingerprint density at radius 1 is 1.42 bits per heavy atom. The number of amides is 1. The molecular formula is C20H30N4O2. The van der Waals surface area contributed by atoms with Gasteiger partial charge in [-0.3, -0.25) is 9.69 Å². The SMILES string of the molecule is CCn1ccnc1CN1CCCC(CCC(=O)NCc2ccc(C)o2)C1. The molecule has 0 aliphatic carbocycles. The number of furan rings is 1. The van der Waals surface area contributed by atoms with Crippen LogP contribution >= 0.6 is 0 Å². The zero-order valence-electron chi connectivity index (χ0n) is 15.9. The molecular weight excluding hydrogens is 328 g/mol. The number of nitrogens with one attached hydrogen (secondary N) is 1. The van der Waals surface area contributed by atoms with E-state index in [-0.39, 0.29) is 5.91 Å². The van der Waals surface area contributed by atoms with Crippen molar-refractivity contribution in [2.75, 3.05) is 13.1 Å². The highest BCUT2D eigenvalue weighted by Gasteiger charge is 2.21. The first-order valence-corrected chi connectivity index (χ1v) is 9.68. The fourth-order valence-corrected chi connectivity index (χ4v) is 3.70. The molecule has 3 heterocycles. The molecule has 2 aromatic rings. The molecule has 142 valence electrons. The van der Waals surface area contributed by atoms with Gasteiger partial charge < -0.3 is 14.3 Å². The van der Waals surface area contributed by atoms with Gasteiger partial charge in [-0.15, -0.1) is 0 Å². The maximum absolute atomic E-state index is 12.1. The van der Waals surface area contributed by atoms with Gasteiger partial charge in [0.2, 0.25) is 5.91 Å². The van der Waals surface area contributed by atoms with Gasteiger partial charge in [0.05, 0.1) is 13.1 Å². The van der Waals surface area contributed by atoms with Gasteiger partial charge in [0.25, 0.3) is 0 Å². The fraction of sp³-hybridized carbons (Fsp3) is 0.600. The van der Waals surface area contributed by atoms with E-state index in [1.54, 1.807) is 0 Å². The standard InChI is InChI=1S/C20H30N4O2/c1-3-24-12-10-21-19(24)15-23-11-4-5-17(14-23)7-9-20(25)22-13-18-8-6-16(2)26-18/h6,8,10,12,17H,3-5,7,9,11,13-15H2,1-2H3,(H,22,25). The van der Waals surface area contributed by atoms with Crippen molar-refractivity contribution in [3.05, 3.63) is 41.9 Å². The molecule has 3 rings (SSSR count). The van der Waals surface area contributed by atoms with Gasteiger partial charge in [-0.2, -0.15) is 0 Å². The number of hydrogen-bond donors (Lipinski definition) is 1. The minimum Gasteiger partial charge on any atom is -0.465 e. The third-order valence-corrected chi connectivity index (χ3v) is 5.15. The molecule has 1 aliphatic heterocycles. The van der Waals surface area contributed by atoms with E-state index in [2.05, 4.69) is 26.7 Å². The molecule has 6 heteroatoms. The second-order valence-electron chi connectivity index (χ2n) is 7.20. The molecule has 1 saturated heterocycles. The van der Waals surface area contributed by atoms with Crippen LogP contribution in [-0.2, 0) is 24.4 Å². The van der Waals surface area contributed by atoms with E-state index >= 15 is 0 Å². The van der Waals surface area contributed by atoms with E-state index in [0.29, 0.717) is 18.9 Å². The quantitative estimate of drug-likeness (QED) is 0.787. The van der Waals surface area contributed by atoms with Gasteiger partial charge in [0.1, 0.15) is 17.3 Å². The third kappa shape index (κ3) is 5.21. The number of carbonyl (C=O) groups excluding carboxylic acids is 1. The van der Waals surface area contributed by atoms with Crippen molar-refractivity contribution in [1.82, 2.24) is 19.8 Å². The summed E-state index contributed by atoms with van der Waals surface area (Å²) in [5.74, 6) is 3.52. The minimum atomic E-state index is 0.109. The summed E-state index contributed by atoms with van der Waals surface area (Å²) in [6, 6.07) is 3.83. The number of carbonyl (C=O) groups is 1. The largest absolute Gasteiger partial charge is 0.465 e. The Kier molecular flexibility index (Phi) is 6.50. The Morgan fingerprint density at radius 3 is 3.08 bits per heavy atom. The van der Waals surface area contributed by atoms with E-state index in [1.165, 1.54) is 12.8 Å². The molecule has 0 spiro atoms. The molecule has 1 fully saturated rings. The smallest absolute Gasteiger partial charge is 0.220 e. The summed E-state index contributed by atoms with van der Waals surface area (Å²) in [5, 5.41) is 2.95. The molecule has 6 nitrogen and oxygen atoms in total. The molecule has 0 bridgehead atoms. The van der Waals surface area contributed by atoms with Crippen LogP contribution in [0.2, 0.25) is 0 Å². The Labute approximate surface area is 155 Å². The summed E-state index contributed by atoms with van der Waals surface area (Å²) in [5.41, 5.74) is 0. The van der Waals surface area contributed by atoms with Gasteiger partial charge in [-0.1, -0.05) is 0 Å². The van der Waals surface area contributed by atoms with E-state index in [4.69, 9.17) is 4.42 Å². The third-order valence-electron chi connectivity index (χ3n) is 5.15. The minimum absolute atomic E-state index is 0.109. The molecule has 0 aromatic carbocycles. The first kappa shape index (κ1) is 18.7. The summed E-state index contributed by atoms with van der Waals surface area (Å²) < 4.78 is 7.68. The number of aryl methyl sites for hydroxylation is 2. The average molecular weight is 358 g/mol. The molecule has 2 aromatic heterocycles. The Bertz CT molecular complexity index is 706. The number of hydrogen-bond acceptors (Lipinski definition) is 4. The van der Waals surface area contributed by atoms with Crippen LogP contribution < -0.4 is 5.32 Å². The first-order valence-electron chi connectivity index (χ1n) is 9.68. The maximum atomic E-state index is 12.1. The lowest BCUT2D eigenvalue weighted by Gasteiger charge is -2.32. The predicted octanol–water partition coefficient (Wildman–Crippen LogP) is 3.11. The molecule has 1 unspecified atom stereocenters. The number of rotatable bonds is 8. The van der Waals surface area contributed by atoms with Gasteiger partial charge in [0, 0.05) is 31.9 Å². The molecule has 1 amide bonds. The van der Waals surface area contributed by atoms with Crippen molar-refractivity contribution in [3.8, 4) is 0 Å². The Morgan fingerprint density at radius 2 is 2.31 bits per heavy atom. The van der Waals surface area contributed by atoms with Crippen LogP contribution in [0.3, 0.4) is 0 Å². The van der Waals surface area contributed by atoms with Crippen LogP contribution in [0, 0.1) is 12.8 Å². The first-order chi connectivity index (χ1) is 12.6. The van der Waals surface area contributed by atoms with Gasteiger partial charge in [-0.25, -0.2) is 4.98 Å². The van der Waals surface area contributed by atoms with Crippen molar-refractivity contribution in [3.63, 3.8) is 0 Å². The second-order valence-corrected chi connectivity index (χ2v) is 7.20. The van der Waals surface area contributed by atoms with Crippen molar-refractivity contribution in [1.29, 1.82) is 0 Å². The molecule has 1 N–H and O–H groups in total.